The second kappa shape index (κ2) is 7.48. The molecule has 0 aliphatic carbocycles. The van der Waals surface area contributed by atoms with Crippen LogP contribution in [0.5, 0.6) is 5.75 Å². The van der Waals surface area contributed by atoms with Crippen molar-refractivity contribution in [1.82, 2.24) is 15.5 Å². The summed E-state index contributed by atoms with van der Waals surface area (Å²) in [6.07, 6.45) is 1.52. The fourth-order valence-electron chi connectivity index (χ4n) is 3.28. The molecule has 28 heavy (non-hydrogen) atoms. The molecule has 4 rings (SSSR count). The van der Waals surface area contributed by atoms with Gasteiger partial charge in [-0.2, -0.15) is 5.10 Å². The quantitative estimate of drug-likeness (QED) is 0.732. The molecule has 7 nitrogen and oxygen atoms in total. The summed E-state index contributed by atoms with van der Waals surface area (Å²) in [5, 5.41) is 12.9. The van der Waals surface area contributed by atoms with Crippen LogP contribution < -0.4 is 15.4 Å². The monoisotopic (exact) mass is 374 g/mol. The van der Waals surface area contributed by atoms with E-state index in [1.54, 1.807) is 25.2 Å². The summed E-state index contributed by atoms with van der Waals surface area (Å²) >= 11 is 0. The molecule has 140 valence electrons. The molecule has 0 saturated heterocycles. The number of fused-ring (bicyclic) bond motifs is 1. The van der Waals surface area contributed by atoms with Crippen molar-refractivity contribution >= 4 is 17.6 Å². The maximum Gasteiger partial charge on any atom is 0.256 e. The topological polar surface area (TPSA) is 93.2 Å². The number of carbonyl (C=O) groups excluding carboxylic acids is 2. The highest BCUT2D eigenvalue weighted by Crippen LogP contribution is 2.41. The van der Waals surface area contributed by atoms with Gasteiger partial charge in [-0.3, -0.25) is 9.59 Å². The number of ether oxygens (including phenoxy) is 1. The third-order valence-corrected chi connectivity index (χ3v) is 4.64. The molecular weight excluding hydrogens is 356 g/mol. The van der Waals surface area contributed by atoms with Crippen LogP contribution >= 0.6 is 0 Å². The largest absolute Gasteiger partial charge is 0.491 e. The Labute approximate surface area is 161 Å². The Balaban J connectivity index is 1.76. The van der Waals surface area contributed by atoms with Gasteiger partial charge >= 0.3 is 0 Å². The van der Waals surface area contributed by atoms with Crippen molar-refractivity contribution in [3.63, 3.8) is 0 Å². The van der Waals surface area contributed by atoms with Crippen LogP contribution in [-0.4, -0.2) is 35.7 Å². The van der Waals surface area contributed by atoms with Crippen LogP contribution in [0.1, 0.15) is 37.8 Å². The van der Waals surface area contributed by atoms with Crippen LogP contribution in [0.2, 0.25) is 0 Å². The number of hydrogen-bond donors (Lipinski definition) is 2. The van der Waals surface area contributed by atoms with Crippen LogP contribution in [0.25, 0.3) is 0 Å². The highest BCUT2D eigenvalue weighted by atomic mass is 16.5. The molecule has 1 aliphatic rings. The first kappa shape index (κ1) is 17.7. The SMILES string of the molecule is CNC(=O)c1cc(C(=O)Nc2cccnn2)cc2c1OC[C@@H]2c1ccccc1. The van der Waals surface area contributed by atoms with E-state index in [4.69, 9.17) is 4.74 Å². The Hall–Kier alpha value is -3.74. The lowest BCUT2D eigenvalue weighted by Gasteiger charge is -2.13. The third-order valence-electron chi connectivity index (χ3n) is 4.64. The van der Waals surface area contributed by atoms with Gasteiger partial charge in [-0.15, -0.1) is 5.10 Å². The molecule has 0 bridgehead atoms. The molecule has 2 heterocycles. The smallest absolute Gasteiger partial charge is 0.256 e. The van der Waals surface area contributed by atoms with Gasteiger partial charge in [-0.25, -0.2) is 0 Å². The minimum atomic E-state index is -0.368. The molecule has 0 fully saturated rings. The Morgan fingerprint density at radius 1 is 1.07 bits per heavy atom. The van der Waals surface area contributed by atoms with Crippen molar-refractivity contribution in [2.75, 3.05) is 19.0 Å². The Bertz CT molecular complexity index is 1020. The van der Waals surface area contributed by atoms with E-state index in [-0.39, 0.29) is 17.7 Å². The number of hydrogen-bond acceptors (Lipinski definition) is 5. The molecule has 0 spiro atoms. The van der Waals surface area contributed by atoms with Gasteiger partial charge in [0, 0.05) is 30.3 Å². The number of amides is 2. The number of anilines is 1. The van der Waals surface area contributed by atoms with E-state index in [0.717, 1.165) is 11.1 Å². The van der Waals surface area contributed by atoms with Crippen molar-refractivity contribution < 1.29 is 14.3 Å². The molecule has 1 aliphatic heterocycles. The Morgan fingerprint density at radius 2 is 1.89 bits per heavy atom. The molecule has 3 aromatic rings. The predicted molar refractivity (Wildman–Crippen MR) is 104 cm³/mol. The van der Waals surface area contributed by atoms with Crippen LogP contribution in [0.3, 0.4) is 0 Å². The maximum atomic E-state index is 12.8. The highest BCUT2D eigenvalue weighted by molar-refractivity contribution is 6.07. The van der Waals surface area contributed by atoms with Crippen LogP contribution in [0.15, 0.2) is 60.8 Å². The Morgan fingerprint density at radius 3 is 2.61 bits per heavy atom. The highest BCUT2D eigenvalue weighted by Gasteiger charge is 2.31. The first-order valence-electron chi connectivity index (χ1n) is 8.84. The van der Waals surface area contributed by atoms with Gasteiger partial charge in [-0.1, -0.05) is 30.3 Å². The predicted octanol–water partition coefficient (Wildman–Crippen LogP) is 2.61. The first-order chi connectivity index (χ1) is 13.7. The summed E-state index contributed by atoms with van der Waals surface area (Å²) in [6, 6.07) is 16.5. The second-order valence-corrected chi connectivity index (χ2v) is 6.36. The van der Waals surface area contributed by atoms with E-state index in [9.17, 15) is 9.59 Å². The first-order valence-corrected chi connectivity index (χ1v) is 8.84. The van der Waals surface area contributed by atoms with Crippen LogP contribution in [0, 0.1) is 0 Å². The van der Waals surface area contributed by atoms with Gasteiger partial charge in [0.15, 0.2) is 5.82 Å². The fraction of sp³-hybridized carbons (Fsp3) is 0.143. The van der Waals surface area contributed by atoms with E-state index >= 15 is 0 Å². The number of benzene rings is 2. The van der Waals surface area contributed by atoms with Crippen molar-refractivity contribution in [2.45, 2.75) is 5.92 Å². The summed E-state index contributed by atoms with van der Waals surface area (Å²) < 4.78 is 5.86. The van der Waals surface area contributed by atoms with Gasteiger partial charge in [0.05, 0.1) is 12.2 Å². The zero-order valence-electron chi connectivity index (χ0n) is 15.2. The number of aromatic nitrogens is 2. The van der Waals surface area contributed by atoms with Gasteiger partial charge in [0.1, 0.15) is 5.75 Å². The molecule has 0 unspecified atom stereocenters. The van der Waals surface area contributed by atoms with Gasteiger partial charge in [0.2, 0.25) is 0 Å². The van der Waals surface area contributed by atoms with Crippen molar-refractivity contribution in [2.24, 2.45) is 0 Å². The summed E-state index contributed by atoms with van der Waals surface area (Å²) in [5.41, 5.74) is 2.57. The second-order valence-electron chi connectivity index (χ2n) is 6.36. The maximum absolute atomic E-state index is 12.8. The van der Waals surface area contributed by atoms with Crippen LogP contribution in [0.4, 0.5) is 5.82 Å². The van der Waals surface area contributed by atoms with E-state index in [0.29, 0.717) is 29.3 Å². The summed E-state index contributed by atoms with van der Waals surface area (Å²) in [5.74, 6) is 0.129. The van der Waals surface area contributed by atoms with E-state index < -0.39 is 0 Å². The van der Waals surface area contributed by atoms with Gasteiger partial charge in [0.25, 0.3) is 11.8 Å². The number of carbonyl (C=O) groups is 2. The van der Waals surface area contributed by atoms with Crippen molar-refractivity contribution in [3.05, 3.63) is 83.0 Å². The molecule has 2 aromatic carbocycles. The molecule has 2 N–H and O–H groups in total. The average molecular weight is 374 g/mol. The molecule has 0 radical (unpaired) electrons. The molecule has 0 saturated carbocycles. The molecule has 2 amide bonds. The summed E-state index contributed by atoms with van der Waals surface area (Å²) in [6.45, 7) is 0.415. The standard InChI is InChI=1S/C21H18N4O3/c1-22-21(27)16-11-14(20(26)24-18-8-5-9-23-25-18)10-15-17(12-28-19(15)16)13-6-3-2-4-7-13/h2-11,17H,12H2,1H3,(H,22,27)(H,24,25,26)/t17-/m1/s1. The van der Waals surface area contributed by atoms with E-state index in [1.165, 1.54) is 12.3 Å². The average Bonchev–Trinajstić information content (AvgIpc) is 3.18. The van der Waals surface area contributed by atoms with E-state index in [1.807, 2.05) is 30.3 Å². The normalized spacial score (nSPS) is 14.7. The number of rotatable bonds is 4. The summed E-state index contributed by atoms with van der Waals surface area (Å²) in [4.78, 5) is 25.2. The van der Waals surface area contributed by atoms with Crippen molar-refractivity contribution in [1.29, 1.82) is 0 Å². The molecule has 7 heteroatoms. The lowest BCUT2D eigenvalue weighted by Crippen LogP contribution is -2.20. The fourth-order valence-corrected chi connectivity index (χ4v) is 3.28. The molecular formula is C21H18N4O3. The lowest BCUT2D eigenvalue weighted by atomic mass is 9.90. The Kier molecular flexibility index (Phi) is 4.72. The van der Waals surface area contributed by atoms with E-state index in [2.05, 4.69) is 20.8 Å². The summed E-state index contributed by atoms with van der Waals surface area (Å²) in [7, 11) is 1.55. The third kappa shape index (κ3) is 3.29. The molecule has 1 aromatic heterocycles. The van der Waals surface area contributed by atoms with Crippen LogP contribution in [-0.2, 0) is 0 Å². The zero-order chi connectivity index (χ0) is 19.5. The minimum absolute atomic E-state index is 0.0520. The zero-order valence-corrected chi connectivity index (χ0v) is 15.2. The van der Waals surface area contributed by atoms with Gasteiger partial charge in [-0.05, 0) is 29.8 Å². The van der Waals surface area contributed by atoms with Crippen molar-refractivity contribution in [3.8, 4) is 5.75 Å². The number of nitrogens with one attached hydrogen (secondary N) is 2. The molecule has 1 atom stereocenters. The number of nitrogens with zero attached hydrogens (tertiary/aromatic N) is 2. The lowest BCUT2D eigenvalue weighted by molar-refractivity contribution is 0.0960. The van der Waals surface area contributed by atoms with Gasteiger partial charge < -0.3 is 15.4 Å². The minimum Gasteiger partial charge on any atom is -0.491 e.